The van der Waals surface area contributed by atoms with E-state index in [4.69, 9.17) is 4.12 Å². The first-order chi connectivity index (χ1) is 2.77. The second kappa shape index (κ2) is 10.9. The Morgan fingerprint density at radius 3 is 1.75 bits per heavy atom. The van der Waals surface area contributed by atoms with Crippen LogP contribution in [-0.4, -0.2) is 20.2 Å². The molecule has 0 saturated heterocycles. The Hall–Kier alpha value is 0.974. The lowest BCUT2D eigenvalue weighted by Crippen LogP contribution is -1.97. The van der Waals surface area contributed by atoms with E-state index in [-0.39, 0.29) is 34.6 Å². The van der Waals surface area contributed by atoms with Crippen LogP contribution in [0.3, 0.4) is 0 Å². The topological polar surface area (TPSA) is 9.23 Å². The van der Waals surface area contributed by atoms with E-state index >= 15 is 0 Å². The molecule has 0 aromatic rings. The molecule has 0 amide bonds. The Kier molecular flexibility index (Phi) is 21.7. The molecule has 0 heterocycles. The van der Waals surface area contributed by atoms with Crippen molar-refractivity contribution in [2.75, 3.05) is 0 Å². The van der Waals surface area contributed by atoms with Crippen molar-refractivity contribution >= 4 is 45.1 Å². The third kappa shape index (κ3) is 15.8. The average Bonchev–Trinajstić information content (AvgIpc) is 1.35. The summed E-state index contributed by atoms with van der Waals surface area (Å²) in [5, 5.41) is 0. The van der Waals surface area contributed by atoms with Crippen LogP contribution in [0.15, 0.2) is 0 Å². The van der Waals surface area contributed by atoms with Crippen LogP contribution in [0, 0.1) is 0 Å². The quantitative estimate of drug-likeness (QED) is 0.563. The highest BCUT2D eigenvalue weighted by atomic mass is 35.5. The van der Waals surface area contributed by atoms with E-state index in [0.717, 1.165) is 16.0 Å². The minimum Gasteiger partial charge on any atom is -0.468 e. The molecule has 0 aromatic carbocycles. The van der Waals surface area contributed by atoms with Gasteiger partial charge >= 0.3 is 0 Å². The van der Waals surface area contributed by atoms with Gasteiger partial charge in [0.15, 0.2) is 0 Å². The molecule has 0 fully saturated rings. The predicted molar refractivity (Wildman–Crippen MR) is 49.2 cm³/mol. The molecule has 0 aliphatic carbocycles. The molecule has 0 radical (unpaired) electrons. The molecular formula is C3H14Cl2OSi2. The van der Waals surface area contributed by atoms with Gasteiger partial charge in [-0.1, -0.05) is 13.8 Å². The van der Waals surface area contributed by atoms with Crippen molar-refractivity contribution in [1.29, 1.82) is 0 Å². The van der Waals surface area contributed by atoms with E-state index in [1.165, 1.54) is 0 Å². The highest BCUT2D eigenvalue weighted by Crippen LogP contribution is 1.93. The summed E-state index contributed by atoms with van der Waals surface area (Å²) in [6, 6.07) is 0. The lowest BCUT2D eigenvalue weighted by Gasteiger charge is -1.97. The lowest BCUT2D eigenvalue weighted by molar-refractivity contribution is 0.644. The van der Waals surface area contributed by atoms with E-state index in [1.807, 2.05) is 0 Å². The fraction of sp³-hybridized carbons (Fsp3) is 1.00. The first kappa shape index (κ1) is 16.0. The zero-order valence-corrected chi connectivity index (χ0v) is 10.6. The number of rotatable bonds is 2. The van der Waals surface area contributed by atoms with Crippen molar-refractivity contribution < 1.29 is 4.12 Å². The van der Waals surface area contributed by atoms with Gasteiger partial charge in [0, 0.05) is 0 Å². The third-order valence-corrected chi connectivity index (χ3v) is 2.50. The Labute approximate surface area is 68.9 Å². The van der Waals surface area contributed by atoms with Gasteiger partial charge in [0.1, 0.15) is 20.2 Å². The molecule has 0 spiro atoms. The summed E-state index contributed by atoms with van der Waals surface area (Å²) in [5.74, 6) is 0. The van der Waals surface area contributed by atoms with Crippen molar-refractivity contribution in [2.24, 2.45) is 0 Å². The van der Waals surface area contributed by atoms with Crippen molar-refractivity contribution in [3.63, 3.8) is 0 Å². The molecule has 0 N–H and O–H groups in total. The lowest BCUT2D eigenvalue weighted by atomic mass is 10.6. The van der Waals surface area contributed by atoms with Crippen molar-refractivity contribution in [3.05, 3.63) is 0 Å². The zero-order chi connectivity index (χ0) is 4.99. The van der Waals surface area contributed by atoms with E-state index < -0.39 is 0 Å². The van der Waals surface area contributed by atoms with Crippen LogP contribution in [0.5, 0.6) is 0 Å². The molecule has 54 valence electrons. The molecule has 1 nitrogen and oxygen atoms in total. The summed E-state index contributed by atoms with van der Waals surface area (Å²) < 4.78 is 5.08. The second-order valence-corrected chi connectivity index (χ2v) is 6.12. The van der Waals surface area contributed by atoms with Crippen molar-refractivity contribution in [3.8, 4) is 0 Å². The maximum absolute atomic E-state index is 5.08. The summed E-state index contributed by atoms with van der Waals surface area (Å²) in [5.41, 5.74) is 0.850. The van der Waals surface area contributed by atoms with E-state index in [1.54, 1.807) is 0 Å². The van der Waals surface area contributed by atoms with Crippen LogP contribution in [0.4, 0.5) is 0 Å². The second-order valence-electron chi connectivity index (χ2n) is 1.85. The Balaban J connectivity index is -0.000000125. The van der Waals surface area contributed by atoms with Gasteiger partial charge < -0.3 is 4.12 Å². The Bertz CT molecular complexity index is 36.5. The molecule has 8 heavy (non-hydrogen) atoms. The van der Waals surface area contributed by atoms with Gasteiger partial charge in [-0.3, -0.25) is 0 Å². The van der Waals surface area contributed by atoms with Crippen LogP contribution >= 0.6 is 24.8 Å². The first-order valence-electron chi connectivity index (χ1n) is 2.26. The van der Waals surface area contributed by atoms with Crippen LogP contribution in [0.1, 0.15) is 13.8 Å². The summed E-state index contributed by atoms with van der Waals surface area (Å²) >= 11 is 0. The Morgan fingerprint density at radius 2 is 1.75 bits per heavy atom. The molecular weight excluding hydrogens is 179 g/mol. The third-order valence-electron chi connectivity index (χ3n) is 0.500. The van der Waals surface area contributed by atoms with Gasteiger partial charge in [-0.15, -0.1) is 24.8 Å². The average molecular weight is 193 g/mol. The smallest absolute Gasteiger partial charge is 0.148 e. The normalized spacial score (nSPS) is 9.38. The maximum Gasteiger partial charge on any atom is 0.148 e. The summed E-state index contributed by atoms with van der Waals surface area (Å²) in [6.45, 7) is 4.42. The Morgan fingerprint density at radius 1 is 1.38 bits per heavy atom. The molecule has 0 aliphatic rings. The largest absolute Gasteiger partial charge is 0.468 e. The van der Waals surface area contributed by atoms with Crippen LogP contribution in [0.25, 0.3) is 0 Å². The molecule has 0 bridgehead atoms. The molecule has 0 atom stereocenters. The minimum absolute atomic E-state index is 0. The molecule has 0 saturated carbocycles. The molecule has 0 unspecified atom stereocenters. The van der Waals surface area contributed by atoms with Gasteiger partial charge in [0.05, 0.1) is 0 Å². The van der Waals surface area contributed by atoms with Gasteiger partial charge in [-0.05, 0) is 5.54 Å². The minimum atomic E-state index is -0.0818. The van der Waals surface area contributed by atoms with Gasteiger partial charge in [0.2, 0.25) is 0 Å². The standard InChI is InChI=1S/C3H12OSi2.2ClH/c1-3(2)6-4-5;;/h3H,6H2,1-2,5H3;2*1H. The first-order valence-corrected chi connectivity index (χ1v) is 4.47. The fourth-order valence-corrected chi connectivity index (χ4v) is 3.00. The maximum atomic E-state index is 5.08. The zero-order valence-electron chi connectivity index (χ0n) is 5.51. The van der Waals surface area contributed by atoms with Crippen molar-refractivity contribution in [1.82, 2.24) is 0 Å². The summed E-state index contributed by atoms with van der Waals surface area (Å²) in [6.07, 6.45) is 0. The number of hydrogen-bond donors (Lipinski definition) is 0. The van der Waals surface area contributed by atoms with Gasteiger partial charge in [0.25, 0.3) is 0 Å². The number of hydrogen-bond acceptors (Lipinski definition) is 1. The summed E-state index contributed by atoms with van der Waals surface area (Å²) in [4.78, 5) is 0. The highest BCUT2D eigenvalue weighted by molar-refractivity contribution is 6.35. The number of halogens is 2. The molecule has 0 aromatic heterocycles. The predicted octanol–water partition coefficient (Wildman–Crippen LogP) is 0.0391. The molecule has 0 aliphatic heterocycles. The SMILES string of the molecule is CC(C)[SiH2]O[SiH3].Cl.Cl. The van der Waals surface area contributed by atoms with Gasteiger partial charge in [-0.2, -0.15) is 0 Å². The molecule has 5 heteroatoms. The summed E-state index contributed by atoms with van der Waals surface area (Å²) in [7, 11) is 0.867. The van der Waals surface area contributed by atoms with Gasteiger partial charge in [-0.25, -0.2) is 0 Å². The van der Waals surface area contributed by atoms with Crippen molar-refractivity contribution in [2.45, 2.75) is 19.4 Å². The monoisotopic (exact) mass is 192 g/mol. The van der Waals surface area contributed by atoms with E-state index in [9.17, 15) is 0 Å². The fourth-order valence-electron chi connectivity index (χ4n) is 0.333. The van der Waals surface area contributed by atoms with E-state index in [2.05, 4.69) is 13.8 Å². The van der Waals surface area contributed by atoms with Crippen LogP contribution in [0.2, 0.25) is 5.54 Å². The molecule has 0 rings (SSSR count). The van der Waals surface area contributed by atoms with Crippen LogP contribution < -0.4 is 0 Å². The van der Waals surface area contributed by atoms with E-state index in [0.29, 0.717) is 0 Å². The van der Waals surface area contributed by atoms with Crippen LogP contribution in [-0.2, 0) is 4.12 Å². The highest BCUT2D eigenvalue weighted by Gasteiger charge is 1.87.